The van der Waals surface area contributed by atoms with E-state index < -0.39 is 0 Å². The molecule has 1 heterocycles. The fourth-order valence-corrected chi connectivity index (χ4v) is 1.16. The van der Waals surface area contributed by atoms with E-state index in [1.807, 2.05) is 0 Å². The van der Waals surface area contributed by atoms with Gasteiger partial charge in [-0.05, 0) is 41.1 Å². The first-order valence-electron chi connectivity index (χ1n) is 3.65. The molecule has 3 nitrogen and oxygen atoms in total. The number of methoxy groups -OCH3 is 1. The van der Waals surface area contributed by atoms with E-state index in [-0.39, 0.29) is 5.97 Å². The lowest BCUT2D eigenvalue weighted by Gasteiger charge is -1.96. The molecule has 0 N–H and O–H groups in total. The van der Waals surface area contributed by atoms with E-state index in [0.29, 0.717) is 16.0 Å². The molecular weight excluding hydrogens is 236 g/mol. The number of rotatable bonds is 2. The van der Waals surface area contributed by atoms with Crippen molar-refractivity contribution in [1.29, 1.82) is 0 Å². The van der Waals surface area contributed by atoms with Crippen LogP contribution in [0.2, 0.25) is 0 Å². The number of hydrogen-bond acceptors (Lipinski definition) is 3. The second kappa shape index (κ2) is 4.28. The molecule has 4 heteroatoms. The quantitative estimate of drug-likeness (QED) is 0.593. The maximum atomic E-state index is 11.0. The minimum Gasteiger partial charge on any atom is -0.466 e. The maximum absolute atomic E-state index is 11.0. The molecule has 0 unspecified atom stereocenters. The molecule has 0 radical (unpaired) electrons. The number of halogens is 1. The Kier molecular flexibility index (Phi) is 3.31. The van der Waals surface area contributed by atoms with Crippen molar-refractivity contribution in [1.82, 2.24) is 0 Å². The van der Waals surface area contributed by atoms with Crippen LogP contribution >= 0.6 is 15.9 Å². The monoisotopic (exact) mass is 244 g/mol. The number of hydrogen-bond donors (Lipinski definition) is 0. The molecule has 0 aliphatic heterocycles. The van der Waals surface area contributed by atoms with Crippen LogP contribution in [0.3, 0.4) is 0 Å². The molecule has 0 aliphatic carbocycles. The number of carbonyl (C=O) groups excluding carboxylic acids is 1. The van der Waals surface area contributed by atoms with Gasteiger partial charge in [0.25, 0.3) is 0 Å². The third-order valence-corrected chi connectivity index (χ3v) is 1.89. The van der Waals surface area contributed by atoms with Gasteiger partial charge in [-0.25, -0.2) is 4.79 Å². The summed E-state index contributed by atoms with van der Waals surface area (Å²) in [6.45, 7) is 1.67. The van der Waals surface area contributed by atoms with Crippen molar-refractivity contribution in [2.75, 3.05) is 7.11 Å². The molecular formula is C9H9BrO3. The second-order valence-corrected chi connectivity index (χ2v) is 3.24. The molecule has 0 saturated heterocycles. The summed E-state index contributed by atoms with van der Waals surface area (Å²) in [6, 6.07) is 3.52. The maximum Gasteiger partial charge on any atom is 0.333 e. The fourth-order valence-electron chi connectivity index (χ4n) is 0.839. The van der Waals surface area contributed by atoms with E-state index in [9.17, 15) is 4.79 Å². The number of ether oxygens (including phenoxy) is 1. The van der Waals surface area contributed by atoms with Gasteiger partial charge in [-0.3, -0.25) is 0 Å². The zero-order valence-corrected chi connectivity index (χ0v) is 8.92. The van der Waals surface area contributed by atoms with Crippen LogP contribution in [-0.4, -0.2) is 13.1 Å². The predicted octanol–water partition coefficient (Wildman–Crippen LogP) is 2.62. The van der Waals surface area contributed by atoms with Crippen molar-refractivity contribution in [3.63, 3.8) is 0 Å². The summed E-state index contributed by atoms with van der Waals surface area (Å²) in [4.78, 5) is 11.0. The second-order valence-electron chi connectivity index (χ2n) is 2.46. The molecule has 0 aliphatic rings. The van der Waals surface area contributed by atoms with E-state index >= 15 is 0 Å². The summed E-state index contributed by atoms with van der Waals surface area (Å²) in [7, 11) is 1.34. The molecule has 0 saturated carbocycles. The lowest BCUT2D eigenvalue weighted by Crippen LogP contribution is -2.00. The van der Waals surface area contributed by atoms with Crippen LogP contribution in [0.4, 0.5) is 0 Å². The van der Waals surface area contributed by atoms with Crippen molar-refractivity contribution in [2.45, 2.75) is 6.92 Å². The molecule has 1 aromatic rings. The number of furan rings is 1. The van der Waals surface area contributed by atoms with E-state index in [1.54, 1.807) is 25.1 Å². The van der Waals surface area contributed by atoms with Gasteiger partial charge in [-0.15, -0.1) is 0 Å². The molecule has 0 fully saturated rings. The zero-order valence-electron chi connectivity index (χ0n) is 7.33. The van der Waals surface area contributed by atoms with Gasteiger partial charge in [-0.2, -0.15) is 0 Å². The van der Waals surface area contributed by atoms with E-state index in [2.05, 4.69) is 20.7 Å². The third-order valence-electron chi connectivity index (χ3n) is 1.46. The summed E-state index contributed by atoms with van der Waals surface area (Å²) in [6.07, 6.45) is 1.62. The van der Waals surface area contributed by atoms with Crippen molar-refractivity contribution in [3.8, 4) is 0 Å². The smallest absolute Gasteiger partial charge is 0.333 e. The summed E-state index contributed by atoms with van der Waals surface area (Å²) >= 11 is 3.16. The highest BCUT2D eigenvalue weighted by molar-refractivity contribution is 9.10. The Morgan fingerprint density at radius 3 is 2.77 bits per heavy atom. The van der Waals surface area contributed by atoms with Crippen LogP contribution in [0.5, 0.6) is 0 Å². The van der Waals surface area contributed by atoms with Gasteiger partial charge in [0.05, 0.1) is 7.11 Å². The Morgan fingerprint density at radius 1 is 1.62 bits per heavy atom. The lowest BCUT2D eigenvalue weighted by atomic mass is 10.2. The summed E-state index contributed by atoms with van der Waals surface area (Å²) < 4.78 is 10.3. The van der Waals surface area contributed by atoms with Crippen LogP contribution in [0.15, 0.2) is 26.8 Å². The molecule has 70 valence electrons. The van der Waals surface area contributed by atoms with Gasteiger partial charge >= 0.3 is 5.97 Å². The topological polar surface area (TPSA) is 39.4 Å². The van der Waals surface area contributed by atoms with Gasteiger partial charge in [0.1, 0.15) is 5.76 Å². The molecule has 0 bridgehead atoms. The van der Waals surface area contributed by atoms with Gasteiger partial charge in [0.15, 0.2) is 4.67 Å². The van der Waals surface area contributed by atoms with Gasteiger partial charge in [0.2, 0.25) is 0 Å². The van der Waals surface area contributed by atoms with E-state index in [4.69, 9.17) is 4.42 Å². The summed E-state index contributed by atoms with van der Waals surface area (Å²) in [5, 5.41) is 0. The molecule has 0 aromatic carbocycles. The average Bonchev–Trinajstić information content (AvgIpc) is 2.49. The highest BCUT2D eigenvalue weighted by atomic mass is 79.9. The van der Waals surface area contributed by atoms with Gasteiger partial charge in [-0.1, -0.05) is 0 Å². The van der Waals surface area contributed by atoms with Crippen LogP contribution in [0.1, 0.15) is 12.7 Å². The number of carbonyl (C=O) groups is 1. The molecule has 0 amide bonds. The fraction of sp³-hybridized carbons (Fsp3) is 0.222. The van der Waals surface area contributed by atoms with Gasteiger partial charge < -0.3 is 9.15 Å². The number of esters is 1. The summed E-state index contributed by atoms with van der Waals surface area (Å²) in [5.74, 6) is 0.266. The van der Waals surface area contributed by atoms with Crippen LogP contribution in [0, 0.1) is 0 Å². The van der Waals surface area contributed by atoms with Crippen molar-refractivity contribution < 1.29 is 13.9 Å². The van der Waals surface area contributed by atoms with Crippen molar-refractivity contribution in [2.24, 2.45) is 0 Å². The first-order chi connectivity index (χ1) is 6.13. The standard InChI is InChI=1S/C9H9BrO3/c1-6(9(11)12-2)5-7-3-4-8(10)13-7/h3-5H,1-2H3/b6-5+. The lowest BCUT2D eigenvalue weighted by molar-refractivity contribution is -0.135. The Bertz CT molecular complexity index is 338. The predicted molar refractivity (Wildman–Crippen MR) is 52.1 cm³/mol. The minimum absolute atomic E-state index is 0.354. The first kappa shape index (κ1) is 10.1. The minimum atomic E-state index is -0.354. The largest absolute Gasteiger partial charge is 0.466 e. The van der Waals surface area contributed by atoms with Crippen LogP contribution in [-0.2, 0) is 9.53 Å². The Hall–Kier alpha value is -1.03. The molecule has 0 spiro atoms. The Labute approximate surface area is 84.5 Å². The molecule has 1 aromatic heterocycles. The first-order valence-corrected chi connectivity index (χ1v) is 4.44. The van der Waals surface area contributed by atoms with Crippen molar-refractivity contribution >= 4 is 28.0 Å². The Morgan fingerprint density at radius 2 is 2.31 bits per heavy atom. The highest BCUT2D eigenvalue weighted by Gasteiger charge is 2.04. The molecule has 13 heavy (non-hydrogen) atoms. The van der Waals surface area contributed by atoms with Crippen LogP contribution < -0.4 is 0 Å². The van der Waals surface area contributed by atoms with E-state index in [1.165, 1.54) is 7.11 Å². The van der Waals surface area contributed by atoms with Crippen molar-refractivity contribution in [3.05, 3.63) is 28.1 Å². The van der Waals surface area contributed by atoms with Crippen LogP contribution in [0.25, 0.3) is 6.08 Å². The Balaban J connectivity index is 2.82. The highest BCUT2D eigenvalue weighted by Crippen LogP contribution is 2.16. The zero-order chi connectivity index (χ0) is 9.84. The summed E-state index contributed by atoms with van der Waals surface area (Å²) in [5.41, 5.74) is 0.504. The van der Waals surface area contributed by atoms with E-state index in [0.717, 1.165) is 0 Å². The average molecular weight is 245 g/mol. The normalized spacial score (nSPS) is 11.5. The SMILES string of the molecule is COC(=O)/C(C)=C/c1ccc(Br)o1. The third kappa shape index (κ3) is 2.73. The molecule has 1 rings (SSSR count). The van der Waals surface area contributed by atoms with Gasteiger partial charge in [0, 0.05) is 5.57 Å². The molecule has 0 atom stereocenters.